The predicted molar refractivity (Wildman–Crippen MR) is 47.7 cm³/mol. The SMILES string of the molecule is CC(C)(C)C(=O)C(=O)ONI. The molecular weight excluding hydrogens is 261 g/mol. The van der Waals surface area contributed by atoms with Crippen molar-refractivity contribution in [2.75, 3.05) is 0 Å². The molecule has 0 spiro atoms. The maximum Gasteiger partial charge on any atom is 0.394 e. The van der Waals surface area contributed by atoms with Gasteiger partial charge in [-0.05, 0) is 0 Å². The maximum atomic E-state index is 11.0. The van der Waals surface area contributed by atoms with Crippen LogP contribution in [0.4, 0.5) is 0 Å². The molecule has 0 aliphatic carbocycles. The Morgan fingerprint density at radius 2 is 1.82 bits per heavy atom. The largest absolute Gasteiger partial charge is 0.394 e. The van der Waals surface area contributed by atoms with Crippen molar-refractivity contribution in [3.63, 3.8) is 0 Å². The number of Topliss-reactive ketones (excluding diaryl/α,β-unsaturated/α-hetero) is 1. The zero-order valence-electron chi connectivity index (χ0n) is 6.60. The van der Waals surface area contributed by atoms with E-state index in [1.54, 1.807) is 43.6 Å². The summed E-state index contributed by atoms with van der Waals surface area (Å²) in [5.74, 6) is -1.39. The third-order valence-corrected chi connectivity index (χ3v) is 1.22. The summed E-state index contributed by atoms with van der Waals surface area (Å²) in [7, 11) is 0. The molecule has 0 radical (unpaired) electrons. The average Bonchev–Trinajstić information content (AvgIpc) is 1.85. The van der Waals surface area contributed by atoms with Gasteiger partial charge in [0.2, 0.25) is 5.78 Å². The number of ketones is 1. The molecule has 4 nitrogen and oxygen atoms in total. The molecule has 0 rings (SSSR count). The van der Waals surface area contributed by atoms with Crippen molar-refractivity contribution < 1.29 is 14.4 Å². The molecule has 0 aromatic carbocycles. The summed E-state index contributed by atoms with van der Waals surface area (Å²) >= 11 is 1.62. The van der Waals surface area contributed by atoms with Crippen molar-refractivity contribution in [2.24, 2.45) is 5.41 Å². The van der Waals surface area contributed by atoms with Gasteiger partial charge in [0.05, 0.1) is 22.9 Å². The molecule has 0 heterocycles. The molecule has 0 saturated heterocycles. The van der Waals surface area contributed by atoms with Crippen LogP contribution in [0.5, 0.6) is 0 Å². The molecule has 0 fully saturated rings. The smallest absolute Gasteiger partial charge is 0.354 e. The monoisotopic (exact) mass is 271 g/mol. The molecule has 0 aromatic rings. The summed E-state index contributed by atoms with van der Waals surface area (Å²) in [6.45, 7) is 4.97. The van der Waals surface area contributed by atoms with Crippen molar-refractivity contribution in [1.29, 1.82) is 0 Å². The van der Waals surface area contributed by atoms with Crippen LogP contribution in [0.15, 0.2) is 0 Å². The van der Waals surface area contributed by atoms with E-state index in [2.05, 4.69) is 8.53 Å². The highest BCUT2D eigenvalue weighted by molar-refractivity contribution is 14.1. The summed E-state index contributed by atoms with van der Waals surface area (Å²) in [6, 6.07) is 0. The van der Waals surface area contributed by atoms with Gasteiger partial charge in [-0.1, -0.05) is 24.5 Å². The van der Waals surface area contributed by atoms with Crippen LogP contribution in [-0.4, -0.2) is 11.8 Å². The van der Waals surface area contributed by atoms with Crippen molar-refractivity contribution in [1.82, 2.24) is 3.69 Å². The quantitative estimate of drug-likeness (QED) is 0.352. The number of nitrogens with one attached hydrogen (secondary N) is 1. The number of hydrogen-bond acceptors (Lipinski definition) is 4. The minimum Gasteiger partial charge on any atom is -0.354 e. The van der Waals surface area contributed by atoms with E-state index in [0.717, 1.165) is 0 Å². The van der Waals surface area contributed by atoms with E-state index in [0.29, 0.717) is 0 Å². The molecular formula is C6H10INO3. The number of carbonyl (C=O) groups excluding carboxylic acids is 2. The molecule has 0 atom stereocenters. The minimum atomic E-state index is -0.855. The topological polar surface area (TPSA) is 55.4 Å². The van der Waals surface area contributed by atoms with Crippen LogP contribution in [0.3, 0.4) is 0 Å². The first kappa shape index (κ1) is 10.8. The van der Waals surface area contributed by atoms with Crippen LogP contribution >= 0.6 is 22.9 Å². The van der Waals surface area contributed by atoms with Gasteiger partial charge in [0, 0.05) is 5.41 Å². The second-order valence-electron chi connectivity index (χ2n) is 3.05. The van der Waals surface area contributed by atoms with Gasteiger partial charge in [0.1, 0.15) is 0 Å². The fourth-order valence-electron chi connectivity index (χ4n) is 0.388. The summed E-state index contributed by atoms with van der Waals surface area (Å²) in [6.07, 6.45) is 0. The molecule has 0 unspecified atom stereocenters. The van der Waals surface area contributed by atoms with Crippen molar-refractivity contribution in [3.05, 3.63) is 0 Å². The van der Waals surface area contributed by atoms with Crippen LogP contribution in [0.25, 0.3) is 0 Å². The molecule has 64 valence electrons. The Morgan fingerprint density at radius 3 is 2.09 bits per heavy atom. The van der Waals surface area contributed by atoms with Gasteiger partial charge in [-0.15, -0.1) is 0 Å². The van der Waals surface area contributed by atoms with Crippen LogP contribution in [0, 0.1) is 5.41 Å². The molecule has 0 aliphatic heterocycles. The molecule has 0 aromatic heterocycles. The first-order valence-corrected chi connectivity index (χ1v) is 4.08. The predicted octanol–water partition coefficient (Wildman–Crippen LogP) is 0.999. The summed E-state index contributed by atoms with van der Waals surface area (Å²) in [5.41, 5.74) is -0.676. The highest BCUT2D eigenvalue weighted by atomic mass is 127. The van der Waals surface area contributed by atoms with Crippen LogP contribution < -0.4 is 3.69 Å². The van der Waals surface area contributed by atoms with E-state index in [1.807, 2.05) is 0 Å². The van der Waals surface area contributed by atoms with E-state index in [4.69, 9.17) is 0 Å². The zero-order chi connectivity index (χ0) is 9.07. The molecule has 0 bridgehead atoms. The van der Waals surface area contributed by atoms with Gasteiger partial charge in [-0.3, -0.25) is 4.79 Å². The standard InChI is InChI=1S/C6H10INO3/c1-6(2,3)4(9)5(10)11-8-7/h8H,1-3H3. The third kappa shape index (κ3) is 3.66. The Balaban J connectivity index is 4.15. The second-order valence-corrected chi connectivity index (χ2v) is 3.49. The summed E-state index contributed by atoms with van der Waals surface area (Å²) < 4.78 is 2.12. The number of hydrogen-bond donors (Lipinski definition) is 1. The lowest BCUT2D eigenvalue weighted by Crippen LogP contribution is -2.31. The first-order valence-electron chi connectivity index (χ1n) is 3.01. The molecule has 1 N–H and O–H groups in total. The van der Waals surface area contributed by atoms with E-state index in [-0.39, 0.29) is 0 Å². The van der Waals surface area contributed by atoms with Gasteiger partial charge < -0.3 is 4.84 Å². The lowest BCUT2D eigenvalue weighted by Gasteiger charge is -2.13. The van der Waals surface area contributed by atoms with E-state index >= 15 is 0 Å². The average molecular weight is 271 g/mol. The van der Waals surface area contributed by atoms with Gasteiger partial charge >= 0.3 is 5.97 Å². The number of carbonyl (C=O) groups is 2. The van der Waals surface area contributed by atoms with Crippen molar-refractivity contribution in [3.8, 4) is 0 Å². The molecule has 0 saturated carbocycles. The highest BCUT2D eigenvalue weighted by Crippen LogP contribution is 2.14. The lowest BCUT2D eigenvalue weighted by atomic mass is 9.91. The van der Waals surface area contributed by atoms with Gasteiger partial charge in [0.15, 0.2) is 0 Å². The fourth-order valence-corrected chi connectivity index (χ4v) is 0.588. The van der Waals surface area contributed by atoms with Crippen LogP contribution in [-0.2, 0) is 14.4 Å². The van der Waals surface area contributed by atoms with Crippen molar-refractivity contribution in [2.45, 2.75) is 20.8 Å². The Morgan fingerprint density at radius 1 is 1.36 bits per heavy atom. The minimum absolute atomic E-state index is 0.540. The van der Waals surface area contributed by atoms with Crippen LogP contribution in [0.1, 0.15) is 20.8 Å². The molecule has 5 heteroatoms. The fraction of sp³-hybridized carbons (Fsp3) is 0.667. The Hall–Kier alpha value is -0.170. The van der Waals surface area contributed by atoms with Crippen molar-refractivity contribution >= 4 is 34.6 Å². The first-order chi connectivity index (χ1) is 4.89. The van der Waals surface area contributed by atoms with Gasteiger partial charge in [-0.2, -0.15) is 0 Å². The normalized spacial score (nSPS) is 10.9. The Kier molecular flexibility index (Phi) is 3.95. The maximum absolute atomic E-state index is 11.0. The number of halogens is 1. The summed E-state index contributed by atoms with van der Waals surface area (Å²) in [5, 5.41) is 0. The lowest BCUT2D eigenvalue weighted by molar-refractivity contribution is -0.159. The second kappa shape index (κ2) is 4.01. The summed E-state index contributed by atoms with van der Waals surface area (Å²) in [4.78, 5) is 26.1. The number of rotatable bonds is 2. The van der Waals surface area contributed by atoms with Crippen LogP contribution in [0.2, 0.25) is 0 Å². The third-order valence-electron chi connectivity index (χ3n) is 0.998. The van der Waals surface area contributed by atoms with E-state index in [1.165, 1.54) is 0 Å². The van der Waals surface area contributed by atoms with Gasteiger partial charge in [-0.25, -0.2) is 4.79 Å². The Labute approximate surface area is 79.1 Å². The van der Waals surface area contributed by atoms with E-state index < -0.39 is 17.2 Å². The molecule has 0 amide bonds. The Bertz CT molecular complexity index is 173. The van der Waals surface area contributed by atoms with E-state index in [9.17, 15) is 9.59 Å². The highest BCUT2D eigenvalue weighted by Gasteiger charge is 2.29. The van der Waals surface area contributed by atoms with Gasteiger partial charge in [0.25, 0.3) is 0 Å². The zero-order valence-corrected chi connectivity index (χ0v) is 8.76. The molecule has 11 heavy (non-hydrogen) atoms. The molecule has 0 aliphatic rings.